The van der Waals surface area contributed by atoms with Gasteiger partial charge in [-0.3, -0.25) is 0 Å². The Kier molecular flexibility index (Phi) is 4.98. The molecule has 2 rings (SSSR count). The lowest BCUT2D eigenvalue weighted by atomic mass is 9.71. The second-order valence-corrected chi connectivity index (χ2v) is 6.92. The first-order valence-corrected chi connectivity index (χ1v) is 7.98. The molecule has 0 spiro atoms. The highest BCUT2D eigenvalue weighted by molar-refractivity contribution is 6.30. The minimum Gasteiger partial charge on any atom is -0.488 e. The van der Waals surface area contributed by atoms with Crippen molar-refractivity contribution in [3.8, 4) is 5.75 Å². The molecule has 1 N–H and O–H groups in total. The highest BCUT2D eigenvalue weighted by atomic mass is 35.5. The Hall–Kier alpha value is -0.730. The Morgan fingerprint density at radius 2 is 2.15 bits per heavy atom. The molecule has 1 aliphatic carbocycles. The molecular formula is C17H26ClNO. The van der Waals surface area contributed by atoms with Crippen LogP contribution in [0.2, 0.25) is 5.02 Å². The number of nitrogens with one attached hydrogen (secondary N) is 1. The summed E-state index contributed by atoms with van der Waals surface area (Å²) in [6, 6.07) is 6.26. The summed E-state index contributed by atoms with van der Waals surface area (Å²) in [4.78, 5) is 0. The molecule has 0 aliphatic heterocycles. The zero-order chi connectivity index (χ0) is 14.8. The minimum absolute atomic E-state index is 0.218. The van der Waals surface area contributed by atoms with E-state index in [9.17, 15) is 0 Å². The first-order valence-electron chi connectivity index (χ1n) is 7.60. The van der Waals surface area contributed by atoms with Crippen LogP contribution in [-0.4, -0.2) is 18.7 Å². The van der Waals surface area contributed by atoms with Crippen molar-refractivity contribution in [2.45, 2.75) is 59.1 Å². The number of aryl methyl sites for hydroxylation is 1. The molecule has 2 atom stereocenters. The molecule has 1 fully saturated rings. The van der Waals surface area contributed by atoms with Gasteiger partial charge in [0.25, 0.3) is 0 Å². The fourth-order valence-electron chi connectivity index (χ4n) is 3.20. The first-order chi connectivity index (χ1) is 9.44. The molecule has 2 nitrogen and oxygen atoms in total. The van der Waals surface area contributed by atoms with E-state index in [-0.39, 0.29) is 11.5 Å². The summed E-state index contributed by atoms with van der Waals surface area (Å²) in [6.07, 6.45) is 3.79. The van der Waals surface area contributed by atoms with Crippen LogP contribution in [0, 0.1) is 12.3 Å². The largest absolute Gasteiger partial charge is 0.488 e. The molecule has 1 aromatic rings. The molecule has 1 aliphatic rings. The molecule has 0 saturated heterocycles. The highest BCUT2D eigenvalue weighted by Crippen LogP contribution is 2.38. The van der Waals surface area contributed by atoms with E-state index in [1.54, 1.807) is 0 Å². The highest BCUT2D eigenvalue weighted by Gasteiger charge is 2.39. The maximum Gasteiger partial charge on any atom is 0.124 e. The van der Waals surface area contributed by atoms with Gasteiger partial charge in [-0.05, 0) is 55.8 Å². The standard InChI is InChI=1S/C17H26ClNO/c1-5-19-16-14(7-6-10-17(16,3)4)20-15-11-13(18)9-8-12(15)2/h8-9,11,14,16,19H,5-7,10H2,1-4H3. The van der Waals surface area contributed by atoms with Crippen molar-refractivity contribution < 1.29 is 4.74 Å². The SMILES string of the molecule is CCNC1C(Oc2cc(Cl)ccc2C)CCCC1(C)C. The number of likely N-dealkylation sites (N-methyl/N-ethyl adjacent to an activating group) is 1. The first kappa shape index (κ1) is 15.7. The van der Waals surface area contributed by atoms with Crippen LogP contribution in [0.15, 0.2) is 18.2 Å². The Morgan fingerprint density at radius 3 is 2.85 bits per heavy atom. The molecule has 0 aromatic heterocycles. The van der Waals surface area contributed by atoms with Crippen molar-refractivity contribution in [3.63, 3.8) is 0 Å². The molecule has 0 amide bonds. The van der Waals surface area contributed by atoms with Crippen LogP contribution >= 0.6 is 11.6 Å². The van der Waals surface area contributed by atoms with E-state index in [0.717, 1.165) is 29.3 Å². The van der Waals surface area contributed by atoms with Gasteiger partial charge in [-0.15, -0.1) is 0 Å². The minimum atomic E-state index is 0.218. The average molecular weight is 296 g/mol. The average Bonchev–Trinajstić information content (AvgIpc) is 2.38. The third kappa shape index (κ3) is 3.48. The van der Waals surface area contributed by atoms with Crippen LogP contribution in [0.4, 0.5) is 0 Å². The second-order valence-electron chi connectivity index (χ2n) is 6.48. The number of ether oxygens (including phenoxy) is 1. The third-order valence-corrected chi connectivity index (χ3v) is 4.61. The Labute approximate surface area is 127 Å². The molecule has 0 heterocycles. The summed E-state index contributed by atoms with van der Waals surface area (Å²) in [5.41, 5.74) is 1.42. The van der Waals surface area contributed by atoms with Crippen molar-refractivity contribution >= 4 is 11.6 Å². The van der Waals surface area contributed by atoms with E-state index in [1.807, 2.05) is 18.2 Å². The predicted octanol–water partition coefficient (Wildman–Crippen LogP) is 4.58. The summed E-state index contributed by atoms with van der Waals surface area (Å²) in [6.45, 7) is 9.87. The second kappa shape index (κ2) is 6.36. The van der Waals surface area contributed by atoms with E-state index in [1.165, 1.54) is 12.8 Å². The van der Waals surface area contributed by atoms with E-state index in [0.29, 0.717) is 6.04 Å². The fraction of sp³-hybridized carbons (Fsp3) is 0.647. The molecule has 2 unspecified atom stereocenters. The fourth-order valence-corrected chi connectivity index (χ4v) is 3.36. The smallest absolute Gasteiger partial charge is 0.124 e. The van der Waals surface area contributed by atoms with Crippen LogP contribution < -0.4 is 10.1 Å². The van der Waals surface area contributed by atoms with E-state index in [4.69, 9.17) is 16.3 Å². The number of halogens is 1. The number of hydrogen-bond acceptors (Lipinski definition) is 2. The number of benzene rings is 1. The molecule has 112 valence electrons. The van der Waals surface area contributed by atoms with Crippen LogP contribution in [-0.2, 0) is 0 Å². The summed E-state index contributed by atoms with van der Waals surface area (Å²) in [7, 11) is 0. The molecule has 1 saturated carbocycles. The van der Waals surface area contributed by atoms with Crippen LogP contribution in [0.5, 0.6) is 5.75 Å². The van der Waals surface area contributed by atoms with E-state index in [2.05, 4.69) is 33.0 Å². The predicted molar refractivity (Wildman–Crippen MR) is 85.7 cm³/mol. The van der Waals surface area contributed by atoms with Gasteiger partial charge in [-0.2, -0.15) is 0 Å². The summed E-state index contributed by atoms with van der Waals surface area (Å²) >= 11 is 6.09. The quantitative estimate of drug-likeness (QED) is 0.877. The zero-order valence-electron chi connectivity index (χ0n) is 13.0. The monoisotopic (exact) mass is 295 g/mol. The summed E-state index contributed by atoms with van der Waals surface area (Å²) in [5.74, 6) is 0.920. The van der Waals surface area contributed by atoms with Crippen molar-refractivity contribution in [2.24, 2.45) is 5.41 Å². The van der Waals surface area contributed by atoms with Gasteiger partial charge in [0.2, 0.25) is 0 Å². The maximum atomic E-state index is 6.32. The van der Waals surface area contributed by atoms with Crippen LogP contribution in [0.3, 0.4) is 0 Å². The lowest BCUT2D eigenvalue weighted by molar-refractivity contribution is 0.0368. The summed E-state index contributed by atoms with van der Waals surface area (Å²) < 4.78 is 6.32. The summed E-state index contributed by atoms with van der Waals surface area (Å²) in [5, 5.41) is 4.36. The molecule has 0 bridgehead atoms. The maximum absolute atomic E-state index is 6.32. The third-order valence-electron chi connectivity index (χ3n) is 4.38. The van der Waals surface area contributed by atoms with Gasteiger partial charge < -0.3 is 10.1 Å². The molecular weight excluding hydrogens is 270 g/mol. The van der Waals surface area contributed by atoms with Crippen molar-refractivity contribution in [1.82, 2.24) is 5.32 Å². The van der Waals surface area contributed by atoms with Gasteiger partial charge in [0.1, 0.15) is 11.9 Å². The van der Waals surface area contributed by atoms with Gasteiger partial charge in [0.15, 0.2) is 0 Å². The lowest BCUT2D eigenvalue weighted by Gasteiger charge is -2.44. The molecule has 3 heteroatoms. The van der Waals surface area contributed by atoms with Crippen molar-refractivity contribution in [1.29, 1.82) is 0 Å². The topological polar surface area (TPSA) is 21.3 Å². The van der Waals surface area contributed by atoms with Gasteiger partial charge in [0.05, 0.1) is 0 Å². The number of hydrogen-bond donors (Lipinski definition) is 1. The zero-order valence-corrected chi connectivity index (χ0v) is 13.8. The van der Waals surface area contributed by atoms with Crippen LogP contribution in [0.1, 0.15) is 45.6 Å². The molecule has 0 radical (unpaired) electrons. The van der Waals surface area contributed by atoms with E-state index >= 15 is 0 Å². The lowest BCUT2D eigenvalue weighted by Crippen LogP contribution is -2.54. The Balaban J connectivity index is 2.19. The van der Waals surface area contributed by atoms with Gasteiger partial charge in [-0.1, -0.05) is 38.4 Å². The molecule has 20 heavy (non-hydrogen) atoms. The van der Waals surface area contributed by atoms with Gasteiger partial charge in [0, 0.05) is 11.1 Å². The molecule has 1 aromatic carbocycles. The number of rotatable bonds is 4. The van der Waals surface area contributed by atoms with Crippen LogP contribution in [0.25, 0.3) is 0 Å². The van der Waals surface area contributed by atoms with Gasteiger partial charge in [-0.25, -0.2) is 0 Å². The Bertz CT molecular complexity index is 458. The Morgan fingerprint density at radius 1 is 1.40 bits per heavy atom. The normalized spacial score (nSPS) is 25.4. The van der Waals surface area contributed by atoms with E-state index < -0.39 is 0 Å². The van der Waals surface area contributed by atoms with Crippen molar-refractivity contribution in [2.75, 3.05) is 6.54 Å². The van der Waals surface area contributed by atoms with Crippen molar-refractivity contribution in [3.05, 3.63) is 28.8 Å². The van der Waals surface area contributed by atoms with Gasteiger partial charge >= 0.3 is 0 Å².